The zero-order valence-corrected chi connectivity index (χ0v) is 15.8. The lowest BCUT2D eigenvalue weighted by atomic mass is 9.88. The molecular formula is C22H24N2O3. The number of fused-ring (bicyclic) bond motifs is 1. The number of aromatic nitrogens is 1. The molecule has 1 aromatic heterocycles. The van der Waals surface area contributed by atoms with Crippen LogP contribution in [0.2, 0.25) is 0 Å². The number of hydrogen-bond donors (Lipinski definition) is 2. The lowest BCUT2D eigenvalue weighted by Gasteiger charge is -2.21. The van der Waals surface area contributed by atoms with E-state index in [9.17, 15) is 9.59 Å². The van der Waals surface area contributed by atoms with Crippen LogP contribution in [0.4, 0.5) is 4.79 Å². The highest BCUT2D eigenvalue weighted by molar-refractivity contribution is 5.82. The Balaban J connectivity index is 1.84. The second-order valence-electron chi connectivity index (χ2n) is 7.49. The van der Waals surface area contributed by atoms with Crippen molar-refractivity contribution in [3.8, 4) is 0 Å². The number of amides is 1. The Morgan fingerprint density at radius 1 is 1.19 bits per heavy atom. The van der Waals surface area contributed by atoms with Crippen LogP contribution in [0.25, 0.3) is 10.9 Å². The Bertz CT molecular complexity index is 953. The largest absolute Gasteiger partial charge is 0.444 e. The summed E-state index contributed by atoms with van der Waals surface area (Å²) in [4.78, 5) is 27.1. The molecule has 0 bridgehead atoms. The average Bonchev–Trinajstić information content (AvgIpc) is 3.08. The van der Waals surface area contributed by atoms with Crippen LogP contribution in [0, 0.1) is 0 Å². The first kappa shape index (κ1) is 18.7. The highest BCUT2D eigenvalue weighted by Crippen LogP contribution is 2.28. The summed E-state index contributed by atoms with van der Waals surface area (Å²) in [7, 11) is 0. The summed E-state index contributed by atoms with van der Waals surface area (Å²) in [6.07, 6.45) is 2.34. The number of aldehydes is 1. The lowest BCUT2D eigenvalue weighted by molar-refractivity contribution is -0.108. The molecule has 0 spiro atoms. The molecule has 0 fully saturated rings. The topological polar surface area (TPSA) is 71.2 Å². The van der Waals surface area contributed by atoms with Gasteiger partial charge in [0.2, 0.25) is 0 Å². The molecule has 3 rings (SSSR count). The number of hydrogen-bond acceptors (Lipinski definition) is 3. The van der Waals surface area contributed by atoms with Crippen LogP contribution in [0.5, 0.6) is 0 Å². The maximum absolute atomic E-state index is 12.0. The summed E-state index contributed by atoms with van der Waals surface area (Å²) in [5, 5.41) is 3.83. The molecule has 2 N–H and O–H groups in total. The van der Waals surface area contributed by atoms with E-state index < -0.39 is 17.6 Å². The van der Waals surface area contributed by atoms with Crippen LogP contribution in [0.3, 0.4) is 0 Å². The predicted octanol–water partition coefficient (Wildman–Crippen LogP) is 4.52. The Labute approximate surface area is 158 Å². The fourth-order valence-electron chi connectivity index (χ4n) is 3.08. The SMILES string of the molecule is CC(C)(C)OC(=O)NCc1ccccc1C(C=O)c1ccc2[nH]ccc2c1. The first-order valence-electron chi connectivity index (χ1n) is 8.94. The predicted molar refractivity (Wildman–Crippen MR) is 106 cm³/mol. The summed E-state index contributed by atoms with van der Waals surface area (Å²) in [6.45, 7) is 5.75. The second kappa shape index (κ2) is 7.66. The number of alkyl carbamates (subject to hydrolysis) is 1. The summed E-state index contributed by atoms with van der Waals surface area (Å²) in [6, 6.07) is 15.6. The van der Waals surface area contributed by atoms with E-state index in [2.05, 4.69) is 10.3 Å². The van der Waals surface area contributed by atoms with E-state index in [-0.39, 0.29) is 0 Å². The lowest BCUT2D eigenvalue weighted by Crippen LogP contribution is -2.32. The monoisotopic (exact) mass is 364 g/mol. The standard InChI is InChI=1S/C22H24N2O3/c1-22(2,3)27-21(26)24-13-17-6-4-5-7-18(17)19(14-25)15-8-9-20-16(12-15)10-11-23-20/h4-12,14,19,23H,13H2,1-3H3,(H,24,26). The van der Waals surface area contributed by atoms with Crippen LogP contribution in [0.15, 0.2) is 54.7 Å². The Morgan fingerprint density at radius 2 is 1.96 bits per heavy atom. The van der Waals surface area contributed by atoms with Gasteiger partial charge in [0.15, 0.2) is 0 Å². The van der Waals surface area contributed by atoms with Crippen LogP contribution in [-0.4, -0.2) is 23.0 Å². The smallest absolute Gasteiger partial charge is 0.407 e. The molecule has 5 nitrogen and oxygen atoms in total. The van der Waals surface area contributed by atoms with Crippen molar-refractivity contribution in [1.29, 1.82) is 0 Å². The van der Waals surface area contributed by atoms with Gasteiger partial charge < -0.3 is 19.8 Å². The molecule has 27 heavy (non-hydrogen) atoms. The van der Waals surface area contributed by atoms with Gasteiger partial charge in [0.1, 0.15) is 11.9 Å². The molecule has 0 aliphatic carbocycles. The van der Waals surface area contributed by atoms with E-state index in [0.29, 0.717) is 6.54 Å². The fourth-order valence-corrected chi connectivity index (χ4v) is 3.08. The number of rotatable bonds is 5. The number of aromatic amines is 1. The van der Waals surface area contributed by atoms with Gasteiger partial charge in [-0.3, -0.25) is 0 Å². The maximum Gasteiger partial charge on any atom is 0.407 e. The number of ether oxygens (including phenoxy) is 1. The third kappa shape index (κ3) is 4.56. The number of nitrogens with one attached hydrogen (secondary N) is 2. The van der Waals surface area contributed by atoms with Gasteiger partial charge >= 0.3 is 6.09 Å². The van der Waals surface area contributed by atoms with E-state index in [0.717, 1.165) is 33.9 Å². The molecule has 1 unspecified atom stereocenters. The van der Waals surface area contributed by atoms with Crippen LogP contribution >= 0.6 is 0 Å². The third-order valence-corrected chi connectivity index (χ3v) is 4.28. The van der Waals surface area contributed by atoms with Crippen LogP contribution in [0.1, 0.15) is 43.4 Å². The minimum absolute atomic E-state index is 0.293. The van der Waals surface area contributed by atoms with E-state index in [4.69, 9.17) is 4.74 Å². The van der Waals surface area contributed by atoms with Crippen molar-refractivity contribution in [2.45, 2.75) is 38.8 Å². The van der Waals surface area contributed by atoms with Crippen LogP contribution < -0.4 is 5.32 Å². The molecule has 1 atom stereocenters. The van der Waals surface area contributed by atoms with E-state index in [1.54, 1.807) is 0 Å². The van der Waals surface area contributed by atoms with Gasteiger partial charge in [-0.25, -0.2) is 4.79 Å². The van der Waals surface area contributed by atoms with Crippen molar-refractivity contribution < 1.29 is 14.3 Å². The molecule has 140 valence electrons. The van der Waals surface area contributed by atoms with E-state index in [1.807, 2.05) is 75.5 Å². The minimum Gasteiger partial charge on any atom is -0.444 e. The summed E-state index contributed by atoms with van der Waals surface area (Å²) in [5.74, 6) is -0.402. The molecule has 2 aromatic carbocycles. The summed E-state index contributed by atoms with van der Waals surface area (Å²) < 4.78 is 5.29. The van der Waals surface area contributed by atoms with Gasteiger partial charge in [-0.2, -0.15) is 0 Å². The number of carbonyl (C=O) groups is 2. The molecule has 0 saturated heterocycles. The molecule has 1 heterocycles. The van der Waals surface area contributed by atoms with Gasteiger partial charge in [-0.15, -0.1) is 0 Å². The highest BCUT2D eigenvalue weighted by atomic mass is 16.6. The third-order valence-electron chi connectivity index (χ3n) is 4.28. The molecule has 1 amide bonds. The number of carbonyl (C=O) groups excluding carboxylic acids is 2. The van der Waals surface area contributed by atoms with Crippen molar-refractivity contribution >= 4 is 23.3 Å². The zero-order chi connectivity index (χ0) is 19.4. The van der Waals surface area contributed by atoms with Crippen LogP contribution in [-0.2, 0) is 16.1 Å². The molecular weight excluding hydrogens is 340 g/mol. The molecule has 0 aliphatic heterocycles. The van der Waals surface area contributed by atoms with Crippen molar-refractivity contribution in [2.24, 2.45) is 0 Å². The van der Waals surface area contributed by atoms with Crippen molar-refractivity contribution in [3.63, 3.8) is 0 Å². The fraction of sp³-hybridized carbons (Fsp3) is 0.273. The maximum atomic E-state index is 12.0. The van der Waals surface area contributed by atoms with Gasteiger partial charge in [-0.1, -0.05) is 30.3 Å². The Morgan fingerprint density at radius 3 is 2.70 bits per heavy atom. The van der Waals surface area contributed by atoms with Gasteiger partial charge in [0, 0.05) is 18.3 Å². The Hall–Kier alpha value is -3.08. The van der Waals surface area contributed by atoms with E-state index >= 15 is 0 Å². The zero-order valence-electron chi connectivity index (χ0n) is 15.8. The number of H-pyrrole nitrogens is 1. The van der Waals surface area contributed by atoms with Crippen molar-refractivity contribution in [3.05, 3.63) is 71.4 Å². The average molecular weight is 364 g/mol. The molecule has 0 saturated carbocycles. The molecule has 5 heteroatoms. The molecule has 0 aliphatic rings. The summed E-state index contributed by atoms with van der Waals surface area (Å²) >= 11 is 0. The van der Waals surface area contributed by atoms with Crippen molar-refractivity contribution in [2.75, 3.05) is 0 Å². The van der Waals surface area contributed by atoms with Crippen molar-refractivity contribution in [1.82, 2.24) is 10.3 Å². The molecule has 0 radical (unpaired) electrons. The van der Waals surface area contributed by atoms with Gasteiger partial charge in [-0.05, 0) is 61.0 Å². The van der Waals surface area contributed by atoms with Gasteiger partial charge in [0.25, 0.3) is 0 Å². The van der Waals surface area contributed by atoms with Gasteiger partial charge in [0.05, 0.1) is 5.92 Å². The quantitative estimate of drug-likeness (QED) is 0.654. The molecule has 3 aromatic rings. The second-order valence-corrected chi connectivity index (χ2v) is 7.49. The van der Waals surface area contributed by atoms with E-state index in [1.165, 1.54) is 0 Å². The number of benzene rings is 2. The normalized spacial score (nSPS) is 12.6. The summed E-state index contributed by atoms with van der Waals surface area (Å²) in [5.41, 5.74) is 3.15. The highest BCUT2D eigenvalue weighted by Gasteiger charge is 2.19. The Kier molecular flexibility index (Phi) is 5.31. The first-order chi connectivity index (χ1) is 12.9. The first-order valence-corrected chi connectivity index (χ1v) is 8.94. The minimum atomic E-state index is -0.555.